The van der Waals surface area contributed by atoms with E-state index in [0.717, 1.165) is 22.5 Å². The highest BCUT2D eigenvalue weighted by Crippen LogP contribution is 2.56. The second kappa shape index (κ2) is 12.1. The van der Waals surface area contributed by atoms with Crippen LogP contribution in [0.25, 0.3) is 33.4 Å². The van der Waals surface area contributed by atoms with Crippen LogP contribution in [0.2, 0.25) is 0 Å². The molecule has 4 N–H and O–H groups in total. The summed E-state index contributed by atoms with van der Waals surface area (Å²) >= 11 is 0. The van der Waals surface area contributed by atoms with Crippen LogP contribution >= 0.6 is 0 Å². The summed E-state index contributed by atoms with van der Waals surface area (Å²) in [7, 11) is 0. The van der Waals surface area contributed by atoms with Gasteiger partial charge in [0.2, 0.25) is 0 Å². The molecule has 1 aliphatic carbocycles. The molecule has 39 heavy (non-hydrogen) atoms. The Morgan fingerprint density at radius 2 is 0.923 bits per heavy atom. The molecule has 0 saturated carbocycles. The Morgan fingerprint density at radius 3 is 1.33 bits per heavy atom. The average Bonchev–Trinajstić information content (AvgIpc) is 3.22. The minimum atomic E-state index is 0.00521. The molecule has 0 saturated heterocycles. The molecule has 0 aromatic heterocycles. The van der Waals surface area contributed by atoms with E-state index in [0.29, 0.717) is 0 Å². The summed E-state index contributed by atoms with van der Waals surface area (Å²) in [6.07, 6.45) is 12.5. The Balaban J connectivity index is 1.68. The molecular weight excluding hydrogens is 472 g/mol. The van der Waals surface area contributed by atoms with Gasteiger partial charge >= 0.3 is 0 Å². The van der Waals surface area contributed by atoms with Crippen molar-refractivity contribution in [1.82, 2.24) is 0 Å². The van der Waals surface area contributed by atoms with E-state index >= 15 is 0 Å². The molecule has 0 heterocycles. The number of unbranched alkanes of at least 4 members (excludes halogenated alkanes) is 6. The third-order valence-corrected chi connectivity index (χ3v) is 8.82. The Labute approximate surface area is 235 Å². The molecule has 0 aliphatic heterocycles. The van der Waals surface area contributed by atoms with Crippen molar-refractivity contribution in [3.8, 4) is 33.4 Å². The molecule has 0 unspecified atom stereocenters. The van der Waals surface area contributed by atoms with Crippen molar-refractivity contribution in [3.63, 3.8) is 0 Å². The van der Waals surface area contributed by atoms with Crippen molar-refractivity contribution >= 4 is 11.4 Å². The molecule has 4 aromatic rings. The fourth-order valence-electron chi connectivity index (χ4n) is 6.72. The average molecular weight is 517 g/mol. The van der Waals surface area contributed by atoms with Crippen LogP contribution in [0, 0.1) is 0 Å². The van der Waals surface area contributed by atoms with Crippen LogP contribution in [0.1, 0.15) is 89.2 Å². The summed E-state index contributed by atoms with van der Waals surface area (Å²) in [6, 6.07) is 30.7. The molecular formula is C37H44N2. The number of rotatable bonds is 12. The van der Waals surface area contributed by atoms with Crippen LogP contribution < -0.4 is 11.5 Å². The summed E-state index contributed by atoms with van der Waals surface area (Å²) in [5.41, 5.74) is 25.1. The largest absolute Gasteiger partial charge is 0.398 e. The number of hydrogen-bond acceptors (Lipinski definition) is 2. The summed E-state index contributed by atoms with van der Waals surface area (Å²) < 4.78 is 0. The number of benzene rings is 4. The number of hydrogen-bond donors (Lipinski definition) is 2. The lowest BCUT2D eigenvalue weighted by atomic mass is 9.70. The zero-order valence-corrected chi connectivity index (χ0v) is 23.8. The van der Waals surface area contributed by atoms with Gasteiger partial charge in [-0.1, -0.05) is 126 Å². The standard InChI is InChI=1S/C37H44N2/c1-3-5-7-13-23-37(24-14-8-6-4-2)33-25-27(29-15-9-11-17-35(29)38)19-21-31(33)32-22-20-28(26-34(32)37)30-16-10-12-18-36(30)39/h9-12,15-22,25-26H,3-8,13-14,23-24,38-39H2,1-2H3. The van der Waals surface area contributed by atoms with Gasteiger partial charge in [-0.25, -0.2) is 0 Å². The van der Waals surface area contributed by atoms with Gasteiger partial charge in [0, 0.05) is 27.9 Å². The first-order valence-corrected chi connectivity index (χ1v) is 15.1. The van der Waals surface area contributed by atoms with Gasteiger partial charge in [0.15, 0.2) is 0 Å². The zero-order valence-electron chi connectivity index (χ0n) is 23.8. The van der Waals surface area contributed by atoms with Crippen molar-refractivity contribution in [1.29, 1.82) is 0 Å². The molecule has 0 spiro atoms. The van der Waals surface area contributed by atoms with E-state index in [-0.39, 0.29) is 5.41 Å². The lowest BCUT2D eigenvalue weighted by Crippen LogP contribution is -2.25. The minimum Gasteiger partial charge on any atom is -0.398 e. The van der Waals surface area contributed by atoms with Gasteiger partial charge in [0.1, 0.15) is 0 Å². The topological polar surface area (TPSA) is 52.0 Å². The fraction of sp³-hybridized carbons (Fsp3) is 0.351. The highest BCUT2D eigenvalue weighted by molar-refractivity contribution is 5.88. The highest BCUT2D eigenvalue weighted by Gasteiger charge is 2.42. The van der Waals surface area contributed by atoms with Crippen LogP contribution in [0.3, 0.4) is 0 Å². The Morgan fingerprint density at radius 1 is 0.487 bits per heavy atom. The predicted molar refractivity (Wildman–Crippen MR) is 170 cm³/mol. The molecule has 2 heteroatoms. The summed E-state index contributed by atoms with van der Waals surface area (Å²) in [6.45, 7) is 4.60. The molecule has 5 rings (SSSR count). The van der Waals surface area contributed by atoms with E-state index in [1.807, 2.05) is 24.3 Å². The molecule has 0 radical (unpaired) electrons. The number of anilines is 2. The van der Waals surface area contributed by atoms with Crippen LogP contribution in [0.5, 0.6) is 0 Å². The number of nitrogens with two attached hydrogens (primary N) is 2. The molecule has 0 bridgehead atoms. The second-order valence-corrected chi connectivity index (χ2v) is 11.4. The summed E-state index contributed by atoms with van der Waals surface area (Å²) in [5, 5.41) is 0. The van der Waals surface area contributed by atoms with E-state index < -0.39 is 0 Å². The van der Waals surface area contributed by atoms with Crippen molar-refractivity contribution in [2.45, 2.75) is 83.5 Å². The van der Waals surface area contributed by atoms with Gasteiger partial charge in [0.05, 0.1) is 0 Å². The SMILES string of the molecule is CCCCCCC1(CCCCCC)c2cc(-c3ccccc3N)ccc2-c2ccc(-c3ccccc3N)cc21. The number of fused-ring (bicyclic) bond motifs is 3. The van der Waals surface area contributed by atoms with Crippen molar-refractivity contribution in [2.24, 2.45) is 0 Å². The van der Waals surface area contributed by atoms with E-state index in [1.54, 1.807) is 0 Å². The lowest BCUT2D eigenvalue weighted by Gasteiger charge is -2.33. The maximum Gasteiger partial charge on any atom is 0.0393 e. The second-order valence-electron chi connectivity index (χ2n) is 11.4. The fourth-order valence-corrected chi connectivity index (χ4v) is 6.72. The van der Waals surface area contributed by atoms with Crippen LogP contribution in [0.15, 0.2) is 84.9 Å². The van der Waals surface area contributed by atoms with E-state index in [1.165, 1.54) is 97.6 Å². The zero-order chi connectivity index (χ0) is 27.2. The van der Waals surface area contributed by atoms with Crippen LogP contribution in [-0.2, 0) is 5.41 Å². The van der Waals surface area contributed by atoms with Crippen LogP contribution in [0.4, 0.5) is 11.4 Å². The van der Waals surface area contributed by atoms with Crippen LogP contribution in [-0.4, -0.2) is 0 Å². The lowest BCUT2D eigenvalue weighted by molar-refractivity contribution is 0.401. The molecule has 1 aliphatic rings. The summed E-state index contributed by atoms with van der Waals surface area (Å²) in [4.78, 5) is 0. The third-order valence-electron chi connectivity index (χ3n) is 8.82. The van der Waals surface area contributed by atoms with Gasteiger partial charge in [-0.3, -0.25) is 0 Å². The van der Waals surface area contributed by atoms with Gasteiger partial charge < -0.3 is 11.5 Å². The first kappa shape index (κ1) is 27.1. The maximum atomic E-state index is 6.46. The Bertz CT molecular complexity index is 1310. The first-order chi connectivity index (χ1) is 19.1. The molecule has 4 aromatic carbocycles. The minimum absolute atomic E-state index is 0.00521. The van der Waals surface area contributed by atoms with Crippen molar-refractivity contribution in [2.75, 3.05) is 11.5 Å². The Kier molecular flexibility index (Phi) is 8.41. The summed E-state index contributed by atoms with van der Waals surface area (Å²) in [5.74, 6) is 0. The van der Waals surface area contributed by atoms with E-state index in [4.69, 9.17) is 11.5 Å². The van der Waals surface area contributed by atoms with E-state index in [9.17, 15) is 0 Å². The first-order valence-electron chi connectivity index (χ1n) is 15.1. The Hall–Kier alpha value is -3.52. The predicted octanol–water partition coefficient (Wildman–Crippen LogP) is 10.4. The molecule has 202 valence electrons. The van der Waals surface area contributed by atoms with Gasteiger partial charge in [-0.2, -0.15) is 0 Å². The highest BCUT2D eigenvalue weighted by atomic mass is 14.6. The molecule has 2 nitrogen and oxygen atoms in total. The van der Waals surface area contributed by atoms with Crippen molar-refractivity contribution < 1.29 is 0 Å². The molecule has 0 atom stereocenters. The number of para-hydroxylation sites is 2. The number of nitrogen functional groups attached to an aromatic ring is 2. The maximum absolute atomic E-state index is 6.46. The third kappa shape index (κ3) is 5.35. The molecule has 0 amide bonds. The van der Waals surface area contributed by atoms with Gasteiger partial charge in [-0.05, 0) is 70.5 Å². The van der Waals surface area contributed by atoms with Gasteiger partial charge in [-0.15, -0.1) is 0 Å². The van der Waals surface area contributed by atoms with E-state index in [2.05, 4.69) is 74.5 Å². The van der Waals surface area contributed by atoms with Gasteiger partial charge in [0.25, 0.3) is 0 Å². The van der Waals surface area contributed by atoms with Crippen molar-refractivity contribution in [3.05, 3.63) is 96.1 Å². The normalized spacial score (nSPS) is 13.3. The quantitative estimate of drug-likeness (QED) is 0.145. The smallest absolute Gasteiger partial charge is 0.0393 e. The molecule has 0 fully saturated rings. The monoisotopic (exact) mass is 516 g/mol.